The number of hydrogen-bond donors (Lipinski definition) is 2. The Morgan fingerprint density at radius 2 is 1.75 bits per heavy atom. The van der Waals surface area contributed by atoms with Gasteiger partial charge in [-0.05, 0) is 37.5 Å². The van der Waals surface area contributed by atoms with Gasteiger partial charge < -0.3 is 20.0 Å². The summed E-state index contributed by atoms with van der Waals surface area (Å²) in [5.41, 5.74) is 0. The maximum Gasteiger partial charge on any atom is 0.326 e. The van der Waals surface area contributed by atoms with E-state index in [0.29, 0.717) is 38.4 Å². The lowest BCUT2D eigenvalue weighted by Crippen LogP contribution is -2.52. The predicted molar refractivity (Wildman–Crippen MR) is 71.2 cm³/mol. The number of likely N-dealkylation sites (tertiary alicyclic amines) is 2. The van der Waals surface area contributed by atoms with Crippen LogP contribution < -0.4 is 0 Å². The summed E-state index contributed by atoms with van der Waals surface area (Å²) in [6, 6.07) is -0.805. The lowest BCUT2D eigenvalue weighted by molar-refractivity contribution is -0.142. The number of rotatable bonds is 1. The van der Waals surface area contributed by atoms with Gasteiger partial charge in [-0.25, -0.2) is 9.59 Å². The van der Waals surface area contributed by atoms with Crippen LogP contribution in [-0.2, 0) is 4.79 Å². The van der Waals surface area contributed by atoms with E-state index in [1.807, 2.05) is 0 Å². The van der Waals surface area contributed by atoms with E-state index in [9.17, 15) is 19.8 Å². The van der Waals surface area contributed by atoms with E-state index in [1.54, 1.807) is 9.80 Å². The molecule has 20 heavy (non-hydrogen) atoms. The Kier molecular flexibility index (Phi) is 3.58. The molecule has 6 nitrogen and oxygen atoms in total. The number of aliphatic carboxylic acids is 1. The molecule has 2 heterocycles. The number of nitrogens with zero attached hydrogens (tertiary/aromatic N) is 2. The number of aliphatic hydroxyl groups is 1. The second kappa shape index (κ2) is 5.24. The van der Waals surface area contributed by atoms with Gasteiger partial charge in [0.25, 0.3) is 0 Å². The number of hydrogen-bond acceptors (Lipinski definition) is 3. The molecule has 3 fully saturated rings. The van der Waals surface area contributed by atoms with Crippen molar-refractivity contribution >= 4 is 12.0 Å². The fourth-order valence-corrected chi connectivity index (χ4v) is 4.06. The Balaban J connectivity index is 1.72. The maximum absolute atomic E-state index is 12.6. The maximum atomic E-state index is 12.6. The zero-order valence-corrected chi connectivity index (χ0v) is 11.6. The van der Waals surface area contributed by atoms with Crippen LogP contribution in [0.5, 0.6) is 0 Å². The van der Waals surface area contributed by atoms with Crippen molar-refractivity contribution in [2.75, 3.05) is 19.6 Å². The van der Waals surface area contributed by atoms with E-state index in [2.05, 4.69) is 0 Å². The molecule has 2 saturated heterocycles. The van der Waals surface area contributed by atoms with Crippen molar-refractivity contribution in [3.8, 4) is 0 Å². The fraction of sp³-hybridized carbons (Fsp3) is 0.857. The second-order valence-corrected chi connectivity index (χ2v) is 6.29. The monoisotopic (exact) mass is 282 g/mol. The minimum atomic E-state index is -0.871. The Bertz CT molecular complexity index is 406. The van der Waals surface area contributed by atoms with Crippen molar-refractivity contribution in [1.82, 2.24) is 9.80 Å². The summed E-state index contributed by atoms with van der Waals surface area (Å²) >= 11 is 0. The van der Waals surface area contributed by atoms with Crippen LogP contribution in [-0.4, -0.2) is 63.8 Å². The summed E-state index contributed by atoms with van der Waals surface area (Å²) in [4.78, 5) is 27.4. The first-order chi connectivity index (χ1) is 9.58. The summed E-state index contributed by atoms with van der Waals surface area (Å²) < 4.78 is 0. The molecule has 0 aromatic heterocycles. The minimum absolute atomic E-state index is 0.131. The van der Waals surface area contributed by atoms with E-state index >= 15 is 0 Å². The van der Waals surface area contributed by atoms with Gasteiger partial charge in [-0.1, -0.05) is 6.42 Å². The Morgan fingerprint density at radius 1 is 1.05 bits per heavy atom. The third-order valence-electron chi connectivity index (χ3n) is 5.12. The standard InChI is InChI=1S/C14H22N2O4/c17-10-4-6-15(7-5-10)14(20)16-8-9-2-1-3-11(9)12(16)13(18)19/h9-12,17H,1-8H2,(H,18,19). The number of fused-ring (bicyclic) bond motifs is 1. The molecule has 0 radical (unpaired) electrons. The van der Waals surface area contributed by atoms with Crippen molar-refractivity contribution in [3.05, 3.63) is 0 Å². The van der Waals surface area contributed by atoms with Crippen LogP contribution in [0.4, 0.5) is 4.79 Å². The molecule has 0 bridgehead atoms. The number of piperidine rings is 1. The van der Waals surface area contributed by atoms with Gasteiger partial charge in [-0.2, -0.15) is 0 Å². The molecule has 2 aliphatic heterocycles. The molecule has 3 aliphatic rings. The summed E-state index contributed by atoms with van der Waals surface area (Å²) in [6.07, 6.45) is 3.89. The summed E-state index contributed by atoms with van der Waals surface area (Å²) in [6.45, 7) is 1.63. The SMILES string of the molecule is O=C(O)C1C2CCCC2CN1C(=O)N1CCC(O)CC1. The van der Waals surface area contributed by atoms with E-state index in [1.165, 1.54) is 0 Å². The van der Waals surface area contributed by atoms with Crippen LogP contribution in [0, 0.1) is 11.8 Å². The third kappa shape index (κ3) is 2.26. The van der Waals surface area contributed by atoms with E-state index in [4.69, 9.17) is 0 Å². The van der Waals surface area contributed by atoms with E-state index in [0.717, 1.165) is 19.3 Å². The summed E-state index contributed by atoms with van der Waals surface area (Å²) in [7, 11) is 0. The zero-order chi connectivity index (χ0) is 14.3. The first-order valence-electron chi connectivity index (χ1n) is 7.54. The topological polar surface area (TPSA) is 81.1 Å². The van der Waals surface area contributed by atoms with Gasteiger partial charge >= 0.3 is 12.0 Å². The van der Waals surface area contributed by atoms with E-state index in [-0.39, 0.29) is 18.1 Å². The number of urea groups is 1. The quantitative estimate of drug-likeness (QED) is 0.743. The van der Waals surface area contributed by atoms with Crippen molar-refractivity contribution in [2.45, 2.75) is 44.2 Å². The molecule has 6 heteroatoms. The van der Waals surface area contributed by atoms with Crippen molar-refractivity contribution in [3.63, 3.8) is 0 Å². The van der Waals surface area contributed by atoms with Gasteiger partial charge in [0.1, 0.15) is 6.04 Å². The van der Waals surface area contributed by atoms with Crippen LogP contribution in [0.1, 0.15) is 32.1 Å². The molecule has 0 aromatic carbocycles. The van der Waals surface area contributed by atoms with Gasteiger partial charge in [0, 0.05) is 19.6 Å². The van der Waals surface area contributed by atoms with Gasteiger partial charge in [0.15, 0.2) is 0 Å². The van der Waals surface area contributed by atoms with Crippen molar-refractivity contribution in [2.24, 2.45) is 11.8 Å². The third-order valence-corrected chi connectivity index (χ3v) is 5.12. The predicted octanol–water partition coefficient (Wildman–Crippen LogP) is 0.748. The van der Waals surface area contributed by atoms with Crippen LogP contribution in [0.15, 0.2) is 0 Å². The van der Waals surface area contributed by atoms with Gasteiger partial charge in [0.2, 0.25) is 0 Å². The Morgan fingerprint density at radius 3 is 2.40 bits per heavy atom. The highest BCUT2D eigenvalue weighted by Crippen LogP contribution is 2.42. The van der Waals surface area contributed by atoms with Crippen LogP contribution in [0.2, 0.25) is 0 Å². The molecule has 0 spiro atoms. The van der Waals surface area contributed by atoms with Crippen molar-refractivity contribution in [1.29, 1.82) is 0 Å². The highest BCUT2D eigenvalue weighted by Gasteiger charge is 2.50. The van der Waals surface area contributed by atoms with Crippen LogP contribution in [0.25, 0.3) is 0 Å². The minimum Gasteiger partial charge on any atom is -0.480 e. The smallest absolute Gasteiger partial charge is 0.326 e. The van der Waals surface area contributed by atoms with E-state index < -0.39 is 12.0 Å². The number of carboxylic acid groups (broad SMARTS) is 1. The van der Waals surface area contributed by atoms with Gasteiger partial charge in [-0.3, -0.25) is 0 Å². The molecule has 2 amide bonds. The molecular formula is C14H22N2O4. The lowest BCUT2D eigenvalue weighted by Gasteiger charge is -2.35. The molecule has 3 unspecified atom stereocenters. The number of aliphatic hydroxyl groups excluding tert-OH is 1. The molecular weight excluding hydrogens is 260 g/mol. The average Bonchev–Trinajstić information content (AvgIpc) is 2.97. The number of carbonyl (C=O) groups is 2. The van der Waals surface area contributed by atoms with Crippen LogP contribution in [0.3, 0.4) is 0 Å². The molecule has 1 saturated carbocycles. The largest absolute Gasteiger partial charge is 0.480 e. The molecule has 3 atom stereocenters. The highest BCUT2D eigenvalue weighted by atomic mass is 16.4. The normalized spacial score (nSPS) is 34.4. The highest BCUT2D eigenvalue weighted by molar-refractivity contribution is 5.84. The molecule has 112 valence electrons. The van der Waals surface area contributed by atoms with Gasteiger partial charge in [-0.15, -0.1) is 0 Å². The number of amides is 2. The molecule has 3 rings (SSSR count). The second-order valence-electron chi connectivity index (χ2n) is 6.29. The molecule has 1 aliphatic carbocycles. The molecule has 0 aromatic rings. The lowest BCUT2D eigenvalue weighted by atomic mass is 9.94. The summed E-state index contributed by atoms with van der Waals surface area (Å²) in [5, 5.41) is 19.0. The number of carboxylic acids is 1. The molecule has 2 N–H and O–H groups in total. The van der Waals surface area contributed by atoms with Crippen LogP contribution >= 0.6 is 0 Å². The average molecular weight is 282 g/mol. The first-order valence-corrected chi connectivity index (χ1v) is 7.54. The van der Waals surface area contributed by atoms with Crippen molar-refractivity contribution < 1.29 is 19.8 Å². The fourth-order valence-electron chi connectivity index (χ4n) is 4.06. The first kappa shape index (κ1) is 13.7. The number of carbonyl (C=O) groups excluding carboxylic acids is 1. The Hall–Kier alpha value is -1.30. The van der Waals surface area contributed by atoms with Gasteiger partial charge in [0.05, 0.1) is 6.10 Å². The summed E-state index contributed by atoms with van der Waals surface area (Å²) in [5.74, 6) is -0.382. The Labute approximate surface area is 118 Å². The zero-order valence-electron chi connectivity index (χ0n) is 11.6.